The molecular formula is C24H26N4O5S. The van der Waals surface area contributed by atoms with Gasteiger partial charge in [0.2, 0.25) is 23.5 Å². The van der Waals surface area contributed by atoms with E-state index in [0.717, 1.165) is 15.4 Å². The third kappa shape index (κ3) is 4.58. The van der Waals surface area contributed by atoms with E-state index in [4.69, 9.17) is 4.52 Å². The van der Waals surface area contributed by atoms with Gasteiger partial charge in [0.25, 0.3) is 10.0 Å². The molecule has 1 aliphatic rings. The van der Waals surface area contributed by atoms with Crippen LogP contribution in [-0.2, 0) is 26.2 Å². The summed E-state index contributed by atoms with van der Waals surface area (Å²) >= 11 is 0. The first kappa shape index (κ1) is 23.6. The van der Waals surface area contributed by atoms with Crippen LogP contribution in [0.2, 0.25) is 0 Å². The van der Waals surface area contributed by atoms with Crippen molar-refractivity contribution in [3.63, 3.8) is 0 Å². The number of aryl methyl sites for hydroxylation is 1. The normalized spacial score (nSPS) is 16.3. The molecule has 0 bridgehead atoms. The van der Waals surface area contributed by atoms with Gasteiger partial charge in [0, 0.05) is 18.0 Å². The molecule has 4 rings (SSSR count). The average Bonchev–Trinajstić information content (AvgIpc) is 3.45. The van der Waals surface area contributed by atoms with Crippen LogP contribution >= 0.6 is 0 Å². The molecule has 2 aromatic carbocycles. The van der Waals surface area contributed by atoms with Gasteiger partial charge in [-0.3, -0.25) is 9.59 Å². The summed E-state index contributed by atoms with van der Waals surface area (Å²) < 4.78 is 32.6. The second kappa shape index (κ2) is 9.38. The van der Waals surface area contributed by atoms with Crippen LogP contribution in [-0.4, -0.2) is 51.7 Å². The summed E-state index contributed by atoms with van der Waals surface area (Å²) in [5.41, 5.74) is 1.66. The zero-order valence-electron chi connectivity index (χ0n) is 19.2. The van der Waals surface area contributed by atoms with Crippen molar-refractivity contribution < 1.29 is 22.5 Å². The van der Waals surface area contributed by atoms with Gasteiger partial charge in [-0.1, -0.05) is 53.2 Å². The summed E-state index contributed by atoms with van der Waals surface area (Å²) in [4.78, 5) is 32.0. The molecule has 0 radical (unpaired) electrons. The molecule has 1 saturated heterocycles. The predicted octanol–water partition coefficient (Wildman–Crippen LogP) is 3.16. The molecule has 0 aliphatic carbocycles. The van der Waals surface area contributed by atoms with Crippen LogP contribution in [0.1, 0.15) is 38.1 Å². The average molecular weight is 483 g/mol. The van der Waals surface area contributed by atoms with Gasteiger partial charge in [-0.05, 0) is 39.3 Å². The van der Waals surface area contributed by atoms with E-state index >= 15 is 0 Å². The first-order valence-corrected chi connectivity index (χ1v) is 12.4. The number of carbonyl (C=O) groups excluding carboxylic acids is 2. The van der Waals surface area contributed by atoms with Crippen molar-refractivity contribution >= 4 is 21.8 Å². The summed E-state index contributed by atoms with van der Waals surface area (Å²) in [6, 6.07) is 14.1. The number of hydrogen-bond acceptors (Lipinski definition) is 7. The maximum absolute atomic E-state index is 13.5. The maximum Gasteiger partial charge on any atom is 0.267 e. The van der Waals surface area contributed by atoms with E-state index in [9.17, 15) is 18.0 Å². The molecule has 34 heavy (non-hydrogen) atoms. The van der Waals surface area contributed by atoms with E-state index in [2.05, 4.69) is 10.1 Å². The maximum atomic E-state index is 13.5. The van der Waals surface area contributed by atoms with Crippen molar-refractivity contribution in [3.05, 3.63) is 66.1 Å². The van der Waals surface area contributed by atoms with Crippen LogP contribution in [0.5, 0.6) is 0 Å². The van der Waals surface area contributed by atoms with Crippen LogP contribution in [0.25, 0.3) is 11.4 Å². The summed E-state index contributed by atoms with van der Waals surface area (Å²) in [5, 5.41) is 3.98. The lowest BCUT2D eigenvalue weighted by atomic mass is 10.1. The summed E-state index contributed by atoms with van der Waals surface area (Å²) in [6.07, 6.45) is 0.0945. The van der Waals surface area contributed by atoms with Crippen molar-refractivity contribution in [3.8, 4) is 11.4 Å². The monoisotopic (exact) mass is 482 g/mol. The van der Waals surface area contributed by atoms with Crippen molar-refractivity contribution in [2.45, 2.75) is 57.1 Å². The fraction of sp³-hybridized carbons (Fsp3) is 0.333. The Bertz CT molecular complexity index is 1290. The van der Waals surface area contributed by atoms with Crippen molar-refractivity contribution in [2.24, 2.45) is 0 Å². The highest BCUT2D eigenvalue weighted by molar-refractivity contribution is 7.89. The number of hydrogen-bond donors (Lipinski definition) is 0. The van der Waals surface area contributed by atoms with E-state index in [1.54, 1.807) is 12.1 Å². The Kier molecular flexibility index (Phi) is 6.52. The molecule has 0 saturated carbocycles. The minimum Gasteiger partial charge on any atom is -0.337 e. The van der Waals surface area contributed by atoms with Crippen LogP contribution < -0.4 is 0 Å². The standard InChI is InChI=1S/C24H26N4O5S/c1-16(2)27(15-21-25-23(26-33-21)18-7-5-4-6-8-18)24(30)20-13-14-22(29)28(20)34(31,32)19-11-9-17(3)10-12-19/h4-12,16,20H,13-15H2,1-3H3/t20-/m0/s1. The molecule has 1 atom stereocenters. The Hall–Kier alpha value is -3.53. The van der Waals surface area contributed by atoms with Gasteiger partial charge in [0.05, 0.1) is 4.90 Å². The number of aromatic nitrogens is 2. The molecule has 178 valence electrons. The van der Waals surface area contributed by atoms with Gasteiger partial charge in [-0.2, -0.15) is 4.98 Å². The molecule has 1 aromatic heterocycles. The third-order valence-electron chi connectivity index (χ3n) is 5.74. The molecule has 2 heterocycles. The molecule has 0 N–H and O–H groups in total. The highest BCUT2D eigenvalue weighted by Gasteiger charge is 2.46. The van der Waals surface area contributed by atoms with Gasteiger partial charge in [0.1, 0.15) is 12.6 Å². The van der Waals surface area contributed by atoms with Gasteiger partial charge >= 0.3 is 0 Å². The molecule has 9 nitrogen and oxygen atoms in total. The molecule has 0 spiro atoms. The van der Waals surface area contributed by atoms with Crippen LogP contribution in [0.4, 0.5) is 0 Å². The highest BCUT2D eigenvalue weighted by Crippen LogP contribution is 2.29. The second-order valence-electron chi connectivity index (χ2n) is 8.50. The lowest BCUT2D eigenvalue weighted by Crippen LogP contribution is -2.50. The Morgan fingerprint density at radius 3 is 2.47 bits per heavy atom. The predicted molar refractivity (Wildman–Crippen MR) is 124 cm³/mol. The number of amides is 2. The third-order valence-corrected chi connectivity index (χ3v) is 7.58. The zero-order chi connectivity index (χ0) is 24.5. The van der Waals surface area contributed by atoms with E-state index < -0.39 is 27.9 Å². The topological polar surface area (TPSA) is 114 Å². The summed E-state index contributed by atoms with van der Waals surface area (Å²) in [6.45, 7) is 5.45. The molecule has 1 fully saturated rings. The van der Waals surface area contributed by atoms with Crippen molar-refractivity contribution in [1.29, 1.82) is 0 Å². The summed E-state index contributed by atoms with van der Waals surface area (Å²) in [7, 11) is -4.18. The molecule has 3 aromatic rings. The lowest BCUT2D eigenvalue weighted by molar-refractivity contribution is -0.140. The molecule has 0 unspecified atom stereocenters. The van der Waals surface area contributed by atoms with E-state index in [-0.39, 0.29) is 36.2 Å². The van der Waals surface area contributed by atoms with Crippen molar-refractivity contribution in [1.82, 2.24) is 19.3 Å². The van der Waals surface area contributed by atoms with Gasteiger partial charge in [-0.25, -0.2) is 12.7 Å². The second-order valence-corrected chi connectivity index (χ2v) is 10.3. The first-order chi connectivity index (χ1) is 16.2. The molecule has 10 heteroatoms. The summed E-state index contributed by atoms with van der Waals surface area (Å²) in [5.74, 6) is -0.452. The van der Waals surface area contributed by atoms with Crippen LogP contribution in [0.15, 0.2) is 64.0 Å². The first-order valence-electron chi connectivity index (χ1n) is 11.0. The Labute approximate surface area is 198 Å². The smallest absolute Gasteiger partial charge is 0.267 e. The van der Waals surface area contributed by atoms with Gasteiger partial charge < -0.3 is 9.42 Å². The Morgan fingerprint density at radius 2 is 1.82 bits per heavy atom. The van der Waals surface area contributed by atoms with E-state index in [1.807, 2.05) is 51.1 Å². The van der Waals surface area contributed by atoms with Gasteiger partial charge in [-0.15, -0.1) is 0 Å². The zero-order valence-corrected chi connectivity index (χ0v) is 20.0. The van der Waals surface area contributed by atoms with Crippen molar-refractivity contribution in [2.75, 3.05) is 0 Å². The lowest BCUT2D eigenvalue weighted by Gasteiger charge is -2.31. The molecule has 2 amide bonds. The number of nitrogens with zero attached hydrogens (tertiary/aromatic N) is 4. The number of benzene rings is 2. The quantitative estimate of drug-likeness (QED) is 0.508. The minimum atomic E-state index is -4.18. The highest BCUT2D eigenvalue weighted by atomic mass is 32.2. The van der Waals surface area contributed by atoms with Gasteiger partial charge in [0.15, 0.2) is 0 Å². The largest absolute Gasteiger partial charge is 0.337 e. The fourth-order valence-corrected chi connectivity index (χ4v) is 5.48. The fourth-order valence-electron chi connectivity index (χ4n) is 3.89. The van der Waals surface area contributed by atoms with E-state index in [0.29, 0.717) is 5.82 Å². The Balaban J connectivity index is 1.59. The van der Waals surface area contributed by atoms with Crippen LogP contribution in [0, 0.1) is 6.92 Å². The van der Waals surface area contributed by atoms with Crippen LogP contribution in [0.3, 0.4) is 0 Å². The number of carbonyl (C=O) groups is 2. The van der Waals surface area contributed by atoms with E-state index in [1.165, 1.54) is 17.0 Å². The molecule has 1 aliphatic heterocycles. The minimum absolute atomic E-state index is 0.000552. The number of rotatable bonds is 7. The Morgan fingerprint density at radius 1 is 1.15 bits per heavy atom. The number of sulfonamides is 1. The SMILES string of the molecule is Cc1ccc(S(=O)(=O)N2C(=O)CC[C@H]2C(=O)N(Cc2nc(-c3ccccc3)no2)C(C)C)cc1. The molecular weight excluding hydrogens is 456 g/mol.